The van der Waals surface area contributed by atoms with Gasteiger partial charge in [0.15, 0.2) is 0 Å². The fourth-order valence-electron chi connectivity index (χ4n) is 2.66. The van der Waals surface area contributed by atoms with E-state index in [1.54, 1.807) is 10.9 Å². The van der Waals surface area contributed by atoms with Crippen molar-refractivity contribution in [3.05, 3.63) is 29.0 Å². The van der Waals surface area contributed by atoms with E-state index in [-0.39, 0.29) is 11.9 Å². The van der Waals surface area contributed by atoms with E-state index in [0.29, 0.717) is 30.9 Å². The van der Waals surface area contributed by atoms with Crippen LogP contribution in [0.1, 0.15) is 21.8 Å². The minimum atomic E-state index is -0.861. The third-order valence-corrected chi connectivity index (χ3v) is 4.51. The largest absolute Gasteiger partial charge is 0.350 e. The fourth-order valence-corrected chi connectivity index (χ4v) is 3.09. The van der Waals surface area contributed by atoms with Gasteiger partial charge in [0.1, 0.15) is 11.0 Å². The number of aryl methyl sites for hydroxylation is 1. The van der Waals surface area contributed by atoms with Gasteiger partial charge in [-0.25, -0.2) is 4.39 Å². The Kier molecular flexibility index (Phi) is 4.44. The first-order valence-electron chi connectivity index (χ1n) is 7.04. The molecule has 0 bridgehead atoms. The highest BCUT2D eigenvalue weighted by molar-refractivity contribution is 7.07. The molecule has 3 heterocycles. The van der Waals surface area contributed by atoms with Gasteiger partial charge in [0.05, 0.1) is 11.9 Å². The normalized spacial score (nSPS) is 22.1. The molecule has 1 N–H and O–H groups in total. The summed E-state index contributed by atoms with van der Waals surface area (Å²) in [7, 11) is 1.87. The van der Waals surface area contributed by atoms with Gasteiger partial charge >= 0.3 is 0 Å². The zero-order chi connectivity index (χ0) is 15.5. The molecule has 1 aliphatic rings. The molecule has 1 aliphatic heterocycles. The maximum atomic E-state index is 13.8. The van der Waals surface area contributed by atoms with Gasteiger partial charge in [-0.2, -0.15) is 5.10 Å². The molecule has 1 saturated heterocycles. The summed E-state index contributed by atoms with van der Waals surface area (Å²) in [5.74, 6) is -0.210. The number of rotatable bonds is 5. The summed E-state index contributed by atoms with van der Waals surface area (Å²) in [6.07, 6.45) is 2.73. The van der Waals surface area contributed by atoms with Crippen molar-refractivity contribution in [2.24, 2.45) is 7.05 Å². The van der Waals surface area contributed by atoms with Gasteiger partial charge in [0.2, 0.25) is 0 Å². The van der Waals surface area contributed by atoms with Crippen LogP contribution in [-0.4, -0.2) is 55.5 Å². The number of nitrogens with zero attached hydrogens (tertiary/aromatic N) is 5. The molecule has 0 aliphatic carbocycles. The lowest BCUT2D eigenvalue weighted by Crippen LogP contribution is -2.40. The minimum absolute atomic E-state index is 0.0188. The highest BCUT2D eigenvalue weighted by Gasteiger charge is 2.32. The Morgan fingerprint density at radius 1 is 1.59 bits per heavy atom. The molecular formula is C13H17FN6OS. The molecule has 1 fully saturated rings. The van der Waals surface area contributed by atoms with Crippen molar-refractivity contribution in [2.45, 2.75) is 25.2 Å². The molecule has 118 valence electrons. The lowest BCUT2D eigenvalue weighted by Gasteiger charge is -2.24. The first-order valence-corrected chi connectivity index (χ1v) is 7.81. The fraction of sp³-hybridized carbons (Fsp3) is 0.538. The lowest BCUT2D eigenvalue weighted by atomic mass is 10.2. The van der Waals surface area contributed by atoms with Gasteiger partial charge < -0.3 is 5.32 Å². The monoisotopic (exact) mass is 324 g/mol. The minimum Gasteiger partial charge on any atom is -0.350 e. The number of likely N-dealkylation sites (tertiary alicyclic amines) is 1. The number of nitrogens with one attached hydrogen (secondary N) is 1. The van der Waals surface area contributed by atoms with Gasteiger partial charge in [-0.3, -0.25) is 14.4 Å². The summed E-state index contributed by atoms with van der Waals surface area (Å²) in [6.45, 7) is 1.42. The molecule has 0 radical (unpaired) electrons. The van der Waals surface area contributed by atoms with Gasteiger partial charge in [-0.1, -0.05) is 4.49 Å². The Balaban J connectivity index is 1.59. The molecule has 7 nitrogen and oxygen atoms in total. The summed E-state index contributed by atoms with van der Waals surface area (Å²) in [5, 5.41) is 10.6. The predicted octanol–water partition coefficient (Wildman–Crippen LogP) is 0.614. The SMILES string of the molecule is Cn1nccc1CN1C[C@@H](F)C[C@H]1CNC(=O)c1cnns1. The summed E-state index contributed by atoms with van der Waals surface area (Å²) >= 11 is 1.05. The van der Waals surface area contributed by atoms with Crippen molar-refractivity contribution in [3.63, 3.8) is 0 Å². The lowest BCUT2D eigenvalue weighted by molar-refractivity contribution is 0.0943. The van der Waals surface area contributed by atoms with Crippen LogP contribution in [0.15, 0.2) is 18.5 Å². The van der Waals surface area contributed by atoms with Crippen LogP contribution in [0.25, 0.3) is 0 Å². The van der Waals surface area contributed by atoms with Crippen LogP contribution >= 0.6 is 11.5 Å². The second kappa shape index (κ2) is 6.49. The Morgan fingerprint density at radius 3 is 3.14 bits per heavy atom. The van der Waals surface area contributed by atoms with Gasteiger partial charge in [0, 0.05) is 38.9 Å². The van der Waals surface area contributed by atoms with Crippen molar-refractivity contribution in [2.75, 3.05) is 13.1 Å². The third-order valence-electron chi connectivity index (χ3n) is 3.85. The topological polar surface area (TPSA) is 75.9 Å². The average Bonchev–Trinajstić information content (AvgIpc) is 3.20. The van der Waals surface area contributed by atoms with Crippen molar-refractivity contribution < 1.29 is 9.18 Å². The summed E-state index contributed by atoms with van der Waals surface area (Å²) < 4.78 is 19.2. The molecule has 0 aromatic carbocycles. The molecule has 3 rings (SSSR count). The molecule has 1 amide bonds. The Bertz CT molecular complexity index is 630. The van der Waals surface area contributed by atoms with E-state index in [0.717, 1.165) is 17.2 Å². The Hall–Kier alpha value is -1.87. The molecule has 0 spiro atoms. The van der Waals surface area contributed by atoms with Crippen LogP contribution in [-0.2, 0) is 13.6 Å². The second-order valence-electron chi connectivity index (χ2n) is 5.35. The molecule has 22 heavy (non-hydrogen) atoms. The number of carbonyl (C=O) groups excluding carboxylic acids is 1. The molecular weight excluding hydrogens is 307 g/mol. The smallest absolute Gasteiger partial charge is 0.264 e. The first kappa shape index (κ1) is 15.0. The number of halogens is 1. The second-order valence-corrected chi connectivity index (χ2v) is 6.14. The number of alkyl halides is 1. The van der Waals surface area contributed by atoms with Gasteiger partial charge in [0.25, 0.3) is 5.91 Å². The Morgan fingerprint density at radius 2 is 2.45 bits per heavy atom. The standard InChI is InChI=1S/C13H17FN6OS/c1-19-10(2-3-17-19)8-20-7-9(14)4-11(20)5-15-13(21)12-6-16-18-22-12/h2-3,6,9,11H,4-5,7-8H2,1H3,(H,15,21)/t9-,11-/m0/s1. The summed E-state index contributed by atoms with van der Waals surface area (Å²) in [5.41, 5.74) is 1.03. The van der Waals surface area contributed by atoms with E-state index < -0.39 is 6.17 Å². The molecule has 2 aromatic rings. The third kappa shape index (κ3) is 3.30. The van der Waals surface area contributed by atoms with E-state index in [9.17, 15) is 9.18 Å². The van der Waals surface area contributed by atoms with Crippen molar-refractivity contribution >= 4 is 17.4 Å². The van der Waals surface area contributed by atoms with E-state index in [1.807, 2.05) is 18.0 Å². The van der Waals surface area contributed by atoms with Crippen LogP contribution in [0.4, 0.5) is 4.39 Å². The van der Waals surface area contributed by atoms with Crippen LogP contribution in [0, 0.1) is 0 Å². The average molecular weight is 324 g/mol. The van der Waals surface area contributed by atoms with E-state index in [4.69, 9.17) is 0 Å². The first-order chi connectivity index (χ1) is 10.6. The van der Waals surface area contributed by atoms with E-state index >= 15 is 0 Å². The number of carbonyl (C=O) groups is 1. The maximum Gasteiger partial charge on any atom is 0.264 e. The van der Waals surface area contributed by atoms with Crippen LogP contribution < -0.4 is 5.32 Å². The summed E-state index contributed by atoms with van der Waals surface area (Å²) in [4.78, 5) is 14.4. The molecule has 9 heteroatoms. The van der Waals surface area contributed by atoms with Gasteiger partial charge in [-0.05, 0) is 24.0 Å². The zero-order valence-corrected chi connectivity index (χ0v) is 13.0. The predicted molar refractivity (Wildman–Crippen MR) is 79.2 cm³/mol. The highest BCUT2D eigenvalue weighted by atomic mass is 32.1. The van der Waals surface area contributed by atoms with Crippen LogP contribution in [0.3, 0.4) is 0 Å². The number of hydrogen-bond acceptors (Lipinski definition) is 6. The molecule has 2 aromatic heterocycles. The quantitative estimate of drug-likeness (QED) is 0.872. The van der Waals surface area contributed by atoms with E-state index in [1.165, 1.54) is 6.20 Å². The number of aromatic nitrogens is 4. The number of amides is 1. The summed E-state index contributed by atoms with van der Waals surface area (Å²) in [6, 6.07) is 1.90. The van der Waals surface area contributed by atoms with Gasteiger partial charge in [-0.15, -0.1) is 5.10 Å². The van der Waals surface area contributed by atoms with Crippen LogP contribution in [0.2, 0.25) is 0 Å². The van der Waals surface area contributed by atoms with Crippen molar-refractivity contribution in [1.82, 2.24) is 29.6 Å². The number of hydrogen-bond donors (Lipinski definition) is 1. The van der Waals surface area contributed by atoms with Crippen LogP contribution in [0.5, 0.6) is 0 Å². The molecule has 2 atom stereocenters. The Labute approximate surface area is 131 Å². The van der Waals surface area contributed by atoms with Crippen molar-refractivity contribution in [1.29, 1.82) is 0 Å². The zero-order valence-electron chi connectivity index (χ0n) is 12.1. The molecule has 0 saturated carbocycles. The highest BCUT2D eigenvalue weighted by Crippen LogP contribution is 2.22. The molecule has 0 unspecified atom stereocenters. The van der Waals surface area contributed by atoms with E-state index in [2.05, 4.69) is 20.0 Å². The maximum absolute atomic E-state index is 13.8. The van der Waals surface area contributed by atoms with Crippen molar-refractivity contribution in [3.8, 4) is 0 Å².